The minimum Gasteiger partial charge on any atom is -0.493 e. The van der Waals surface area contributed by atoms with Gasteiger partial charge in [0.1, 0.15) is 10.8 Å². The van der Waals surface area contributed by atoms with Gasteiger partial charge in [0.05, 0.1) is 15.8 Å². The molecule has 0 aliphatic heterocycles. The summed E-state index contributed by atoms with van der Waals surface area (Å²) in [7, 11) is 0. The van der Waals surface area contributed by atoms with Gasteiger partial charge >= 0.3 is 0 Å². The second-order valence-corrected chi connectivity index (χ2v) is 7.25. The maximum absolute atomic E-state index is 12.0. The van der Waals surface area contributed by atoms with Crippen LogP contribution in [0.1, 0.15) is 14.7 Å². The van der Waals surface area contributed by atoms with E-state index < -0.39 is 0 Å². The minimum atomic E-state index is -0.231. The molecular formula is C15H12ClN3O2S2. The van der Waals surface area contributed by atoms with Crippen LogP contribution >= 0.6 is 34.3 Å². The van der Waals surface area contributed by atoms with Gasteiger partial charge in [0.25, 0.3) is 5.91 Å². The zero-order valence-corrected chi connectivity index (χ0v) is 14.2. The molecule has 0 spiro atoms. The van der Waals surface area contributed by atoms with Gasteiger partial charge in [-0.1, -0.05) is 41.1 Å². The lowest BCUT2D eigenvalue weighted by atomic mass is 10.3. The maximum Gasteiger partial charge on any atom is 0.267 e. The Balaban J connectivity index is 1.51. The molecule has 2 aromatic heterocycles. The first-order valence-electron chi connectivity index (χ1n) is 6.77. The van der Waals surface area contributed by atoms with Gasteiger partial charge in [-0.25, -0.2) is 0 Å². The third-order valence-corrected chi connectivity index (χ3v) is 4.94. The molecule has 0 unspecified atom stereocenters. The van der Waals surface area contributed by atoms with Gasteiger partial charge in [0.2, 0.25) is 5.13 Å². The first kappa shape index (κ1) is 15.9. The summed E-state index contributed by atoms with van der Waals surface area (Å²) < 4.78 is 6.19. The number of hydrogen-bond acceptors (Lipinski definition) is 6. The summed E-state index contributed by atoms with van der Waals surface area (Å²) in [6.45, 7) is 0.507. The molecule has 0 bridgehead atoms. The fourth-order valence-electron chi connectivity index (χ4n) is 1.77. The molecule has 0 saturated carbocycles. The lowest BCUT2D eigenvalue weighted by Crippen LogP contribution is -2.09. The van der Waals surface area contributed by atoms with Crippen LogP contribution in [0.2, 0.25) is 4.34 Å². The fourth-order valence-corrected chi connectivity index (χ4v) is 3.43. The van der Waals surface area contributed by atoms with Crippen molar-refractivity contribution >= 4 is 45.3 Å². The summed E-state index contributed by atoms with van der Waals surface area (Å²) in [6, 6.07) is 12.9. The third-order valence-electron chi connectivity index (χ3n) is 2.81. The molecule has 0 saturated heterocycles. The molecule has 1 N–H and O–H groups in total. The van der Waals surface area contributed by atoms with E-state index in [0.717, 1.165) is 10.8 Å². The van der Waals surface area contributed by atoms with Crippen LogP contribution in [0.25, 0.3) is 0 Å². The number of amides is 1. The SMILES string of the molecule is O=C(Nc1nnc(CCOc2ccccc2)s1)c1ccc(Cl)s1. The third kappa shape index (κ3) is 4.51. The highest BCUT2D eigenvalue weighted by Gasteiger charge is 2.12. The van der Waals surface area contributed by atoms with E-state index in [9.17, 15) is 4.79 Å². The van der Waals surface area contributed by atoms with Crippen molar-refractivity contribution in [2.75, 3.05) is 11.9 Å². The predicted molar refractivity (Wildman–Crippen MR) is 92.8 cm³/mol. The van der Waals surface area contributed by atoms with Crippen molar-refractivity contribution < 1.29 is 9.53 Å². The van der Waals surface area contributed by atoms with Crippen molar-refractivity contribution in [3.05, 3.63) is 56.7 Å². The molecule has 3 aromatic rings. The van der Waals surface area contributed by atoms with E-state index in [-0.39, 0.29) is 5.91 Å². The van der Waals surface area contributed by atoms with Gasteiger partial charge in [-0.2, -0.15) is 0 Å². The standard InChI is InChI=1S/C15H12ClN3O2S2/c16-12-7-6-11(22-12)14(20)17-15-19-18-13(23-15)8-9-21-10-4-2-1-3-5-10/h1-7H,8-9H2,(H,17,19,20). The Labute approximate surface area is 145 Å². The second kappa shape index (κ2) is 7.54. The number of benzene rings is 1. The first-order chi connectivity index (χ1) is 11.2. The van der Waals surface area contributed by atoms with Crippen molar-refractivity contribution in [2.45, 2.75) is 6.42 Å². The number of nitrogens with zero attached hydrogens (tertiary/aromatic N) is 2. The molecule has 23 heavy (non-hydrogen) atoms. The summed E-state index contributed by atoms with van der Waals surface area (Å²) in [5.74, 6) is 0.588. The molecule has 0 aliphatic carbocycles. The van der Waals surface area contributed by atoms with Crippen LogP contribution in [-0.2, 0) is 6.42 Å². The largest absolute Gasteiger partial charge is 0.493 e. The monoisotopic (exact) mass is 365 g/mol. The number of rotatable bonds is 6. The quantitative estimate of drug-likeness (QED) is 0.713. The topological polar surface area (TPSA) is 64.1 Å². The molecule has 2 heterocycles. The van der Waals surface area contributed by atoms with Crippen LogP contribution in [0, 0.1) is 0 Å². The Morgan fingerprint density at radius 3 is 2.70 bits per heavy atom. The normalized spacial score (nSPS) is 10.5. The van der Waals surface area contributed by atoms with Crippen molar-refractivity contribution in [1.82, 2.24) is 10.2 Å². The molecule has 0 fully saturated rings. The maximum atomic E-state index is 12.0. The van der Waals surface area contributed by atoms with Crippen LogP contribution in [-0.4, -0.2) is 22.7 Å². The number of para-hydroxylation sites is 1. The summed E-state index contributed by atoms with van der Waals surface area (Å²) in [5, 5.41) is 12.0. The molecule has 1 aromatic carbocycles. The predicted octanol–water partition coefficient (Wildman–Crippen LogP) is 4.13. The molecular weight excluding hydrogens is 354 g/mol. The van der Waals surface area contributed by atoms with E-state index in [1.807, 2.05) is 30.3 Å². The average molecular weight is 366 g/mol. The molecule has 8 heteroatoms. The van der Waals surface area contributed by atoms with Crippen LogP contribution in [0.3, 0.4) is 0 Å². The highest BCUT2D eigenvalue weighted by molar-refractivity contribution is 7.18. The summed E-state index contributed by atoms with van der Waals surface area (Å²) >= 11 is 8.38. The van der Waals surface area contributed by atoms with E-state index in [1.54, 1.807) is 12.1 Å². The zero-order chi connectivity index (χ0) is 16.1. The minimum absolute atomic E-state index is 0.231. The number of hydrogen-bond donors (Lipinski definition) is 1. The van der Waals surface area contributed by atoms with E-state index in [0.29, 0.717) is 27.4 Å². The van der Waals surface area contributed by atoms with Crippen molar-refractivity contribution in [3.8, 4) is 5.75 Å². The van der Waals surface area contributed by atoms with Crippen molar-refractivity contribution in [1.29, 1.82) is 0 Å². The van der Waals surface area contributed by atoms with Gasteiger partial charge in [0, 0.05) is 6.42 Å². The number of carbonyl (C=O) groups is 1. The van der Waals surface area contributed by atoms with Crippen LogP contribution in [0.5, 0.6) is 5.75 Å². The average Bonchev–Trinajstić information content (AvgIpc) is 3.18. The highest BCUT2D eigenvalue weighted by atomic mass is 35.5. The van der Waals surface area contributed by atoms with Gasteiger partial charge in [-0.3, -0.25) is 10.1 Å². The van der Waals surface area contributed by atoms with Crippen LogP contribution in [0.4, 0.5) is 5.13 Å². The number of ether oxygens (including phenoxy) is 1. The van der Waals surface area contributed by atoms with E-state index >= 15 is 0 Å². The van der Waals surface area contributed by atoms with E-state index in [4.69, 9.17) is 16.3 Å². The summed E-state index contributed by atoms with van der Waals surface area (Å²) in [4.78, 5) is 12.5. The van der Waals surface area contributed by atoms with Gasteiger partial charge < -0.3 is 4.74 Å². The Morgan fingerprint density at radius 2 is 1.96 bits per heavy atom. The van der Waals surface area contributed by atoms with Gasteiger partial charge in [-0.05, 0) is 24.3 Å². The van der Waals surface area contributed by atoms with E-state index in [1.165, 1.54) is 22.7 Å². The lowest BCUT2D eigenvalue weighted by Gasteiger charge is -2.03. The zero-order valence-electron chi connectivity index (χ0n) is 11.9. The molecule has 118 valence electrons. The summed E-state index contributed by atoms with van der Waals surface area (Å²) in [6.07, 6.45) is 0.632. The number of thiophene rings is 1. The molecule has 3 rings (SSSR count). The Hall–Kier alpha value is -1.96. The molecule has 0 aliphatic rings. The Bertz CT molecular complexity index is 789. The van der Waals surface area contributed by atoms with Crippen LogP contribution < -0.4 is 10.1 Å². The molecule has 1 amide bonds. The number of halogens is 1. The number of nitrogens with one attached hydrogen (secondary N) is 1. The summed E-state index contributed by atoms with van der Waals surface area (Å²) in [5.41, 5.74) is 0. The lowest BCUT2D eigenvalue weighted by molar-refractivity contribution is 0.103. The Morgan fingerprint density at radius 1 is 1.13 bits per heavy atom. The van der Waals surface area contributed by atoms with Crippen LogP contribution in [0.15, 0.2) is 42.5 Å². The van der Waals surface area contributed by atoms with Gasteiger partial charge in [-0.15, -0.1) is 21.5 Å². The van der Waals surface area contributed by atoms with Crippen molar-refractivity contribution in [3.63, 3.8) is 0 Å². The first-order valence-corrected chi connectivity index (χ1v) is 8.79. The number of anilines is 1. The number of aromatic nitrogens is 2. The van der Waals surface area contributed by atoms with Crippen molar-refractivity contribution in [2.24, 2.45) is 0 Å². The fraction of sp³-hybridized carbons (Fsp3) is 0.133. The van der Waals surface area contributed by atoms with E-state index in [2.05, 4.69) is 15.5 Å². The Kier molecular flexibility index (Phi) is 5.22. The second-order valence-electron chi connectivity index (χ2n) is 4.47. The number of carbonyl (C=O) groups excluding carboxylic acids is 1. The highest BCUT2D eigenvalue weighted by Crippen LogP contribution is 2.23. The molecule has 0 atom stereocenters. The molecule has 5 nitrogen and oxygen atoms in total. The smallest absolute Gasteiger partial charge is 0.267 e. The molecule has 0 radical (unpaired) electrons. The van der Waals surface area contributed by atoms with Gasteiger partial charge in [0.15, 0.2) is 0 Å².